The van der Waals surface area contributed by atoms with Crippen LogP contribution < -0.4 is 15.7 Å². The van der Waals surface area contributed by atoms with E-state index in [0.29, 0.717) is 11.2 Å². The molecule has 10 heteroatoms. The lowest BCUT2D eigenvalue weighted by Gasteiger charge is -2.19. The van der Waals surface area contributed by atoms with Crippen LogP contribution in [0.15, 0.2) is 79.4 Å². The molecule has 0 unspecified atom stereocenters. The molecule has 40 heavy (non-hydrogen) atoms. The molecule has 6 aromatic rings. The maximum atomic E-state index is 13.4. The van der Waals surface area contributed by atoms with E-state index in [0.717, 1.165) is 33.3 Å². The third kappa shape index (κ3) is 4.39. The number of amides is 1. The second kappa shape index (κ2) is 9.96. The van der Waals surface area contributed by atoms with Gasteiger partial charge in [-0.3, -0.25) is 4.79 Å². The molecular weight excluding hydrogens is 502 g/mol. The minimum Gasteiger partial charge on any atom is -0.381 e. The van der Waals surface area contributed by atoms with Gasteiger partial charge in [0.2, 0.25) is 0 Å². The number of aryl methyl sites for hydroxylation is 1. The Balaban J connectivity index is 1.43. The van der Waals surface area contributed by atoms with Crippen molar-refractivity contribution < 1.29 is 9.48 Å². The minimum absolute atomic E-state index is 0.117. The first-order valence-electron chi connectivity index (χ1n) is 12.7. The average molecular weight is 529 g/mol. The topological polar surface area (TPSA) is 120 Å². The molecule has 2 aromatic carbocycles. The molecule has 4 heterocycles. The number of hydrogen-bond acceptors (Lipinski definition) is 6. The fourth-order valence-corrected chi connectivity index (χ4v) is 4.73. The Bertz CT molecular complexity index is 1960. The van der Waals surface area contributed by atoms with Crippen LogP contribution in [0.2, 0.25) is 0 Å². The standard InChI is InChI=1S/C30H25N9O/c1-19(34-30(40)27-28(31)36-39-14-7-13-32-29(27)39)23-17-26-25(16-24(23)20-8-5-4-6-9-20)21(18-33-35-26)10-11-22-12-15-37(2)38(22)3/h4-9,12-19H,1-3H3,(H2-,31,34,36,40)/p+1/t19-/m1/s1. The summed E-state index contributed by atoms with van der Waals surface area (Å²) >= 11 is 0. The number of nitrogens with one attached hydrogen (secondary N) is 1. The average Bonchev–Trinajstić information content (AvgIpc) is 3.48. The zero-order chi connectivity index (χ0) is 27.8. The van der Waals surface area contributed by atoms with Gasteiger partial charge < -0.3 is 11.1 Å². The summed E-state index contributed by atoms with van der Waals surface area (Å²) in [5.74, 6) is 6.27. The predicted molar refractivity (Wildman–Crippen MR) is 151 cm³/mol. The highest BCUT2D eigenvalue weighted by Gasteiger charge is 2.23. The van der Waals surface area contributed by atoms with Gasteiger partial charge in [0.25, 0.3) is 5.91 Å². The number of aromatic nitrogens is 7. The summed E-state index contributed by atoms with van der Waals surface area (Å²) < 4.78 is 5.42. The van der Waals surface area contributed by atoms with Gasteiger partial charge in [-0.25, -0.2) is 9.50 Å². The van der Waals surface area contributed by atoms with Crippen LogP contribution in [0.25, 0.3) is 27.7 Å². The van der Waals surface area contributed by atoms with Crippen LogP contribution in [0.3, 0.4) is 0 Å². The van der Waals surface area contributed by atoms with E-state index < -0.39 is 6.04 Å². The normalized spacial score (nSPS) is 11.8. The largest absolute Gasteiger partial charge is 0.381 e. The number of rotatable bonds is 4. The van der Waals surface area contributed by atoms with Crippen LogP contribution in [0.4, 0.5) is 5.82 Å². The van der Waals surface area contributed by atoms with Crippen molar-refractivity contribution >= 4 is 28.3 Å². The first-order valence-corrected chi connectivity index (χ1v) is 12.7. The number of nitrogens with two attached hydrogens (primary N) is 1. The minimum atomic E-state index is -0.398. The highest BCUT2D eigenvalue weighted by molar-refractivity contribution is 6.04. The molecule has 0 fully saturated rings. The summed E-state index contributed by atoms with van der Waals surface area (Å²) in [5.41, 5.74) is 11.9. The number of carbonyl (C=O) groups is 1. The lowest BCUT2D eigenvalue weighted by Crippen LogP contribution is -2.36. The lowest BCUT2D eigenvalue weighted by atomic mass is 9.92. The van der Waals surface area contributed by atoms with E-state index in [9.17, 15) is 4.79 Å². The van der Waals surface area contributed by atoms with Crippen molar-refractivity contribution in [2.75, 3.05) is 5.73 Å². The summed E-state index contributed by atoms with van der Waals surface area (Å²) in [6.45, 7) is 1.92. The van der Waals surface area contributed by atoms with Crippen LogP contribution >= 0.6 is 0 Å². The Morgan fingerprint density at radius 3 is 2.73 bits per heavy atom. The van der Waals surface area contributed by atoms with Gasteiger partial charge in [-0.05, 0) is 47.7 Å². The summed E-state index contributed by atoms with van der Waals surface area (Å²) in [7, 11) is 3.92. The highest BCUT2D eigenvalue weighted by Crippen LogP contribution is 2.33. The molecule has 6 rings (SSSR count). The molecular formula is C30H26N9O+. The van der Waals surface area contributed by atoms with E-state index in [2.05, 4.69) is 43.5 Å². The molecule has 4 aromatic heterocycles. The van der Waals surface area contributed by atoms with E-state index >= 15 is 0 Å². The van der Waals surface area contributed by atoms with Crippen molar-refractivity contribution in [3.63, 3.8) is 0 Å². The van der Waals surface area contributed by atoms with Crippen molar-refractivity contribution in [3.05, 3.63) is 102 Å². The Labute approximate surface area is 230 Å². The number of anilines is 1. The molecule has 3 N–H and O–H groups in total. The predicted octanol–water partition coefficient (Wildman–Crippen LogP) is 2.98. The summed E-state index contributed by atoms with van der Waals surface area (Å²) in [5, 5.41) is 16.8. The van der Waals surface area contributed by atoms with Crippen LogP contribution in [-0.4, -0.2) is 35.4 Å². The number of fused-ring (bicyclic) bond motifs is 2. The van der Waals surface area contributed by atoms with Gasteiger partial charge in [-0.15, -0.1) is 14.5 Å². The van der Waals surface area contributed by atoms with Gasteiger partial charge in [-0.2, -0.15) is 10.2 Å². The summed E-state index contributed by atoms with van der Waals surface area (Å²) in [6, 6.07) is 17.3. The van der Waals surface area contributed by atoms with E-state index in [1.54, 1.807) is 24.7 Å². The summed E-state index contributed by atoms with van der Waals surface area (Å²) in [6.07, 6.45) is 6.94. The molecule has 0 spiro atoms. The van der Waals surface area contributed by atoms with Gasteiger partial charge in [0.1, 0.15) is 5.56 Å². The molecule has 0 bridgehead atoms. The first kappa shape index (κ1) is 24.8. The number of hydrogen-bond donors (Lipinski definition) is 2. The zero-order valence-corrected chi connectivity index (χ0v) is 22.2. The Morgan fingerprint density at radius 2 is 1.95 bits per heavy atom. The van der Waals surface area contributed by atoms with Gasteiger partial charge in [0.15, 0.2) is 30.4 Å². The van der Waals surface area contributed by atoms with Crippen LogP contribution in [0.1, 0.15) is 40.1 Å². The Morgan fingerprint density at radius 1 is 1.12 bits per heavy atom. The SMILES string of the molecule is C[C@@H](NC(=O)c1c(N)nn2cccnc12)c1cc2nncc(C#Cc3cc[n+](C)n3C)c2cc1-c1ccccc1. The molecule has 0 aliphatic heterocycles. The molecule has 0 radical (unpaired) electrons. The smallest absolute Gasteiger partial charge is 0.259 e. The third-order valence-corrected chi connectivity index (χ3v) is 6.95. The number of benzene rings is 2. The van der Waals surface area contributed by atoms with Gasteiger partial charge in [-0.1, -0.05) is 36.3 Å². The van der Waals surface area contributed by atoms with E-state index in [1.165, 1.54) is 4.52 Å². The third-order valence-electron chi connectivity index (χ3n) is 6.95. The number of nitrogen functional groups attached to an aromatic ring is 1. The van der Waals surface area contributed by atoms with Crippen LogP contribution in [-0.2, 0) is 14.1 Å². The van der Waals surface area contributed by atoms with E-state index in [-0.39, 0.29) is 17.3 Å². The van der Waals surface area contributed by atoms with Crippen molar-refractivity contribution in [2.45, 2.75) is 13.0 Å². The maximum absolute atomic E-state index is 13.4. The summed E-state index contributed by atoms with van der Waals surface area (Å²) in [4.78, 5) is 17.7. The Hall–Kier alpha value is -5.56. The lowest BCUT2D eigenvalue weighted by molar-refractivity contribution is -0.751. The molecule has 0 aliphatic carbocycles. The van der Waals surface area contributed by atoms with Crippen molar-refractivity contribution in [2.24, 2.45) is 14.1 Å². The molecule has 10 nitrogen and oxygen atoms in total. The quantitative estimate of drug-likeness (QED) is 0.268. The van der Waals surface area contributed by atoms with E-state index in [4.69, 9.17) is 5.73 Å². The zero-order valence-electron chi connectivity index (χ0n) is 22.2. The Kier molecular flexibility index (Phi) is 6.16. The molecule has 0 saturated heterocycles. The monoisotopic (exact) mass is 528 g/mol. The van der Waals surface area contributed by atoms with Crippen molar-refractivity contribution in [3.8, 4) is 23.0 Å². The number of carbonyl (C=O) groups excluding carboxylic acids is 1. The molecule has 0 aliphatic rings. The maximum Gasteiger partial charge on any atom is 0.259 e. The second-order valence-corrected chi connectivity index (χ2v) is 9.47. The highest BCUT2D eigenvalue weighted by atomic mass is 16.1. The van der Waals surface area contributed by atoms with Gasteiger partial charge in [0, 0.05) is 23.8 Å². The first-order chi connectivity index (χ1) is 19.4. The van der Waals surface area contributed by atoms with Gasteiger partial charge >= 0.3 is 0 Å². The second-order valence-electron chi connectivity index (χ2n) is 9.47. The fourth-order valence-electron chi connectivity index (χ4n) is 4.73. The molecule has 1 amide bonds. The fraction of sp³-hybridized carbons (Fsp3) is 0.133. The molecule has 1 atom stereocenters. The van der Waals surface area contributed by atoms with Gasteiger partial charge in [0.05, 0.1) is 30.4 Å². The van der Waals surface area contributed by atoms with E-state index in [1.807, 2.05) is 79.0 Å². The molecule has 0 saturated carbocycles. The number of nitrogens with zero attached hydrogens (tertiary/aromatic N) is 7. The van der Waals surface area contributed by atoms with Crippen molar-refractivity contribution in [1.29, 1.82) is 0 Å². The van der Waals surface area contributed by atoms with Crippen LogP contribution in [0.5, 0.6) is 0 Å². The van der Waals surface area contributed by atoms with Crippen molar-refractivity contribution in [1.82, 2.24) is 34.8 Å². The molecule has 196 valence electrons. The van der Waals surface area contributed by atoms with Crippen LogP contribution in [0, 0.1) is 11.8 Å².